The Morgan fingerprint density at radius 3 is 2.65 bits per heavy atom. The number of carbonyl (C=O) groups excluding carboxylic acids is 1. The zero-order chi connectivity index (χ0) is 21.2. The summed E-state index contributed by atoms with van der Waals surface area (Å²) in [6, 6.07) is 17.2. The summed E-state index contributed by atoms with van der Waals surface area (Å²) in [5, 5.41) is 12.2. The number of hydrogen-bond donors (Lipinski definition) is 1. The molecule has 156 valence electrons. The molecule has 5 rings (SSSR count). The van der Waals surface area contributed by atoms with Crippen molar-refractivity contribution in [3.05, 3.63) is 83.1 Å². The average molecular weight is 434 g/mol. The number of rotatable bonds is 7. The lowest BCUT2D eigenvalue weighted by molar-refractivity contribution is -0.120. The van der Waals surface area contributed by atoms with Crippen LogP contribution in [0.1, 0.15) is 36.0 Å². The van der Waals surface area contributed by atoms with E-state index in [2.05, 4.69) is 15.5 Å². The minimum atomic E-state index is -0.144. The Morgan fingerprint density at radius 1 is 1.13 bits per heavy atom. The Hall–Kier alpha value is -3.45. The number of nitrogens with one attached hydrogen (secondary N) is 1. The lowest BCUT2D eigenvalue weighted by atomic mass is 10.1. The van der Waals surface area contributed by atoms with Crippen LogP contribution in [-0.2, 0) is 17.8 Å². The quantitative estimate of drug-likeness (QED) is 0.469. The summed E-state index contributed by atoms with van der Waals surface area (Å²) >= 11 is 6.04. The van der Waals surface area contributed by atoms with Gasteiger partial charge in [0.25, 0.3) is 0 Å². The van der Waals surface area contributed by atoms with Crippen molar-refractivity contribution >= 4 is 17.5 Å². The summed E-state index contributed by atoms with van der Waals surface area (Å²) in [5.74, 6) is 1.43. The van der Waals surface area contributed by atoms with Crippen molar-refractivity contribution in [2.75, 3.05) is 0 Å². The van der Waals surface area contributed by atoms with Crippen LogP contribution in [0.2, 0.25) is 5.02 Å². The molecule has 0 saturated heterocycles. The second-order valence-electron chi connectivity index (χ2n) is 7.56. The Kier molecular flexibility index (Phi) is 5.26. The maximum Gasteiger partial charge on any atom is 0.246 e. The Balaban J connectivity index is 1.35. The highest BCUT2D eigenvalue weighted by Crippen LogP contribution is 2.38. The second-order valence-corrected chi connectivity index (χ2v) is 8.00. The zero-order valence-electron chi connectivity index (χ0n) is 16.7. The third-order valence-corrected chi connectivity index (χ3v) is 5.39. The molecule has 7 nitrogen and oxygen atoms in total. The number of nitrogens with zero attached hydrogens (tertiary/aromatic N) is 4. The number of para-hydroxylation sites is 1. The van der Waals surface area contributed by atoms with Crippen LogP contribution in [0, 0.1) is 0 Å². The maximum absolute atomic E-state index is 12.7. The minimum Gasteiger partial charge on any atom is -0.347 e. The molecule has 4 aromatic rings. The van der Waals surface area contributed by atoms with E-state index in [-0.39, 0.29) is 18.9 Å². The largest absolute Gasteiger partial charge is 0.347 e. The van der Waals surface area contributed by atoms with Crippen LogP contribution in [0.3, 0.4) is 0 Å². The smallest absolute Gasteiger partial charge is 0.246 e. The SMILES string of the molecule is O=C(Cc1cn(-c2ccccc2)nc1-c1ccc(Cl)cc1)NCc1nc(C2CC2)no1. The van der Waals surface area contributed by atoms with Crippen molar-refractivity contribution in [1.29, 1.82) is 0 Å². The minimum absolute atomic E-state index is 0.144. The summed E-state index contributed by atoms with van der Waals surface area (Å²) in [7, 11) is 0. The number of benzene rings is 2. The predicted octanol–water partition coefficient (Wildman–Crippen LogP) is 4.31. The van der Waals surface area contributed by atoms with Crippen LogP contribution in [-0.4, -0.2) is 25.8 Å². The Labute approximate surface area is 184 Å². The van der Waals surface area contributed by atoms with Gasteiger partial charge in [-0.1, -0.05) is 47.1 Å². The van der Waals surface area contributed by atoms with Gasteiger partial charge in [-0.3, -0.25) is 4.79 Å². The predicted molar refractivity (Wildman–Crippen MR) is 116 cm³/mol. The fourth-order valence-corrected chi connectivity index (χ4v) is 3.49. The molecule has 1 fully saturated rings. The third-order valence-electron chi connectivity index (χ3n) is 5.14. The van der Waals surface area contributed by atoms with Gasteiger partial charge in [0, 0.05) is 28.3 Å². The van der Waals surface area contributed by atoms with Crippen LogP contribution < -0.4 is 5.32 Å². The van der Waals surface area contributed by atoms with E-state index in [9.17, 15) is 4.79 Å². The molecule has 2 heterocycles. The molecule has 1 saturated carbocycles. The number of halogens is 1. The first-order chi connectivity index (χ1) is 15.2. The van der Waals surface area contributed by atoms with Gasteiger partial charge in [-0.05, 0) is 37.1 Å². The fraction of sp³-hybridized carbons (Fsp3) is 0.217. The fourth-order valence-electron chi connectivity index (χ4n) is 3.36. The van der Waals surface area contributed by atoms with Gasteiger partial charge in [-0.2, -0.15) is 10.1 Å². The normalized spacial score (nSPS) is 13.3. The molecule has 31 heavy (non-hydrogen) atoms. The molecule has 0 radical (unpaired) electrons. The molecule has 0 unspecified atom stereocenters. The summed E-state index contributed by atoms with van der Waals surface area (Å²) in [6.45, 7) is 0.210. The van der Waals surface area contributed by atoms with Gasteiger partial charge in [0.1, 0.15) is 0 Å². The molecule has 0 bridgehead atoms. The molecule has 0 atom stereocenters. The number of aromatic nitrogens is 4. The highest BCUT2D eigenvalue weighted by atomic mass is 35.5. The zero-order valence-corrected chi connectivity index (χ0v) is 17.4. The molecule has 2 aromatic heterocycles. The van der Waals surface area contributed by atoms with E-state index in [1.165, 1.54) is 0 Å². The van der Waals surface area contributed by atoms with Crippen LogP contribution in [0.15, 0.2) is 65.3 Å². The van der Waals surface area contributed by atoms with Crippen molar-refractivity contribution in [3.63, 3.8) is 0 Å². The van der Waals surface area contributed by atoms with Crippen molar-refractivity contribution in [1.82, 2.24) is 25.2 Å². The summed E-state index contributed by atoms with van der Waals surface area (Å²) in [6.07, 6.45) is 4.26. The third kappa shape index (κ3) is 4.51. The molecule has 2 aromatic carbocycles. The van der Waals surface area contributed by atoms with Crippen LogP contribution in [0.4, 0.5) is 0 Å². The highest BCUT2D eigenvalue weighted by Gasteiger charge is 2.28. The standard InChI is InChI=1S/C23H20ClN5O2/c24-18-10-8-15(9-11-18)22-17(14-29(27-22)19-4-2-1-3-5-19)12-20(30)25-13-21-26-23(28-31-21)16-6-7-16/h1-5,8-11,14,16H,6-7,12-13H2,(H,25,30). The molecular weight excluding hydrogens is 414 g/mol. The average Bonchev–Trinajstić information content (AvgIpc) is 3.39. The van der Waals surface area contributed by atoms with Crippen molar-refractivity contribution in [2.45, 2.75) is 31.7 Å². The van der Waals surface area contributed by atoms with Crippen LogP contribution in [0.25, 0.3) is 16.9 Å². The summed E-state index contributed by atoms with van der Waals surface area (Å²) in [5.41, 5.74) is 3.37. The monoisotopic (exact) mass is 433 g/mol. The Bertz CT molecular complexity index is 1200. The van der Waals surface area contributed by atoms with Gasteiger partial charge in [-0.25, -0.2) is 4.68 Å². The first kappa shape index (κ1) is 19.5. The Morgan fingerprint density at radius 2 is 1.90 bits per heavy atom. The van der Waals surface area contributed by atoms with Gasteiger partial charge in [0.05, 0.1) is 24.3 Å². The molecule has 1 N–H and O–H groups in total. The van der Waals surface area contributed by atoms with E-state index in [1.807, 2.05) is 60.8 Å². The van der Waals surface area contributed by atoms with Crippen molar-refractivity contribution in [2.24, 2.45) is 0 Å². The van der Waals surface area contributed by atoms with E-state index in [0.717, 1.165) is 41.2 Å². The first-order valence-electron chi connectivity index (χ1n) is 10.1. The van der Waals surface area contributed by atoms with Crippen molar-refractivity contribution in [3.8, 4) is 16.9 Å². The van der Waals surface area contributed by atoms with Gasteiger partial charge in [-0.15, -0.1) is 0 Å². The van der Waals surface area contributed by atoms with E-state index in [1.54, 1.807) is 4.68 Å². The second kappa shape index (κ2) is 8.35. The van der Waals surface area contributed by atoms with Gasteiger partial charge in [0.15, 0.2) is 5.82 Å². The molecular formula is C23H20ClN5O2. The van der Waals surface area contributed by atoms with Gasteiger partial charge >= 0.3 is 0 Å². The van der Waals surface area contributed by atoms with E-state index < -0.39 is 0 Å². The number of hydrogen-bond acceptors (Lipinski definition) is 5. The molecule has 1 aliphatic rings. The van der Waals surface area contributed by atoms with Crippen LogP contribution in [0.5, 0.6) is 0 Å². The lowest BCUT2D eigenvalue weighted by Gasteiger charge is -2.04. The molecule has 8 heteroatoms. The topological polar surface area (TPSA) is 85.8 Å². The number of amides is 1. The van der Waals surface area contributed by atoms with Crippen LogP contribution >= 0.6 is 11.6 Å². The maximum atomic E-state index is 12.7. The van der Waals surface area contributed by atoms with E-state index in [0.29, 0.717) is 16.8 Å². The molecule has 1 amide bonds. The van der Waals surface area contributed by atoms with Gasteiger partial charge in [0.2, 0.25) is 11.8 Å². The van der Waals surface area contributed by atoms with Crippen molar-refractivity contribution < 1.29 is 9.32 Å². The summed E-state index contributed by atoms with van der Waals surface area (Å²) in [4.78, 5) is 17.0. The molecule has 0 aliphatic heterocycles. The van der Waals surface area contributed by atoms with E-state index in [4.69, 9.17) is 21.2 Å². The molecule has 1 aliphatic carbocycles. The number of carbonyl (C=O) groups is 1. The summed E-state index contributed by atoms with van der Waals surface area (Å²) < 4.78 is 7.01. The van der Waals surface area contributed by atoms with Gasteiger partial charge < -0.3 is 9.84 Å². The van der Waals surface area contributed by atoms with E-state index >= 15 is 0 Å². The first-order valence-corrected chi connectivity index (χ1v) is 10.5. The highest BCUT2D eigenvalue weighted by molar-refractivity contribution is 6.30. The lowest BCUT2D eigenvalue weighted by Crippen LogP contribution is -2.24. The molecule has 0 spiro atoms.